The molecule has 2 heterocycles. The Balaban J connectivity index is 1.29. The van der Waals surface area contributed by atoms with E-state index in [1.807, 2.05) is 13.0 Å². The van der Waals surface area contributed by atoms with Gasteiger partial charge < -0.3 is 9.64 Å². The van der Waals surface area contributed by atoms with Gasteiger partial charge in [0, 0.05) is 24.7 Å². The van der Waals surface area contributed by atoms with E-state index in [4.69, 9.17) is 4.74 Å². The molecule has 0 saturated carbocycles. The number of amides is 3. The Hall–Kier alpha value is -3.81. The molecular formula is C26H23FN2O5. The molecule has 2 saturated heterocycles. The van der Waals surface area contributed by atoms with Gasteiger partial charge in [0.25, 0.3) is 0 Å². The minimum absolute atomic E-state index is 0.0191. The molecule has 5 rings (SSSR count). The highest BCUT2D eigenvalue weighted by Crippen LogP contribution is 2.40. The van der Waals surface area contributed by atoms with Crippen molar-refractivity contribution < 1.29 is 28.3 Å². The Morgan fingerprint density at radius 2 is 1.71 bits per heavy atom. The zero-order chi connectivity index (χ0) is 24.0. The molecule has 34 heavy (non-hydrogen) atoms. The fourth-order valence-corrected chi connectivity index (χ4v) is 4.91. The smallest absolute Gasteiger partial charge is 0.316 e. The van der Waals surface area contributed by atoms with Crippen LogP contribution in [0.25, 0.3) is 0 Å². The average Bonchev–Trinajstić information content (AvgIpc) is 3.32. The Labute approximate surface area is 195 Å². The number of hydrogen-bond donors (Lipinski definition) is 0. The molecular weight excluding hydrogens is 439 g/mol. The Kier molecular flexibility index (Phi) is 5.51. The molecule has 7 nitrogen and oxygen atoms in total. The highest BCUT2D eigenvalue weighted by atomic mass is 19.1. The van der Waals surface area contributed by atoms with Crippen LogP contribution in [0.15, 0.2) is 60.2 Å². The molecule has 174 valence electrons. The van der Waals surface area contributed by atoms with Crippen LogP contribution in [0.1, 0.15) is 26.2 Å². The van der Waals surface area contributed by atoms with Gasteiger partial charge >= 0.3 is 5.97 Å². The van der Waals surface area contributed by atoms with Gasteiger partial charge in [-0.2, -0.15) is 0 Å². The van der Waals surface area contributed by atoms with Crippen LogP contribution in [0.3, 0.4) is 0 Å². The number of allylic oxidation sites excluding steroid dienone is 2. The average molecular weight is 462 g/mol. The van der Waals surface area contributed by atoms with Crippen LogP contribution in [0, 0.1) is 23.6 Å². The van der Waals surface area contributed by atoms with Gasteiger partial charge in [-0.3, -0.25) is 19.2 Å². The summed E-state index contributed by atoms with van der Waals surface area (Å²) in [5.41, 5.74) is 1.98. The summed E-state index contributed by atoms with van der Waals surface area (Å²) in [6, 6.07) is 11.8. The molecule has 2 aromatic carbocycles. The number of rotatable bonds is 4. The number of carbonyl (C=O) groups is 4. The van der Waals surface area contributed by atoms with Crippen molar-refractivity contribution >= 4 is 35.1 Å². The number of nitrogens with zero attached hydrogens (tertiary/aromatic N) is 2. The van der Waals surface area contributed by atoms with Crippen LogP contribution in [0.2, 0.25) is 0 Å². The number of hydrogen-bond acceptors (Lipinski definition) is 5. The molecule has 0 spiro atoms. The number of anilines is 2. The molecule has 3 atom stereocenters. The Morgan fingerprint density at radius 3 is 2.47 bits per heavy atom. The molecule has 3 aliphatic rings. The van der Waals surface area contributed by atoms with Crippen LogP contribution in [0.4, 0.5) is 15.8 Å². The van der Waals surface area contributed by atoms with Crippen LogP contribution >= 0.6 is 0 Å². The largest absolute Gasteiger partial charge is 0.426 e. The zero-order valence-corrected chi connectivity index (χ0v) is 18.6. The first kappa shape index (κ1) is 22.0. The van der Waals surface area contributed by atoms with E-state index in [9.17, 15) is 23.6 Å². The van der Waals surface area contributed by atoms with Crippen molar-refractivity contribution in [2.45, 2.75) is 26.2 Å². The third-order valence-electron chi connectivity index (χ3n) is 6.71. The number of ether oxygens (including phenoxy) is 1. The van der Waals surface area contributed by atoms with Gasteiger partial charge in [-0.15, -0.1) is 0 Å². The quantitative estimate of drug-likeness (QED) is 0.300. The summed E-state index contributed by atoms with van der Waals surface area (Å²) in [4.78, 5) is 53.7. The first-order chi connectivity index (χ1) is 16.3. The monoisotopic (exact) mass is 462 g/mol. The second-order valence-corrected chi connectivity index (χ2v) is 9.02. The lowest BCUT2D eigenvalue weighted by Crippen LogP contribution is -2.31. The summed E-state index contributed by atoms with van der Waals surface area (Å²) < 4.78 is 18.7. The lowest BCUT2D eigenvalue weighted by atomic mass is 9.82. The molecule has 2 fully saturated rings. The van der Waals surface area contributed by atoms with Gasteiger partial charge in [-0.05, 0) is 56.2 Å². The van der Waals surface area contributed by atoms with Crippen molar-refractivity contribution in [3.8, 4) is 5.75 Å². The molecule has 1 aliphatic carbocycles. The SMILES string of the molecule is CC1=CC[C@@H]2C(=O)N(c3cccc(OC(=O)[C@@H]4CC(=O)N(c5ccc(F)cc5)C4)c3)C(=O)[C@H]2C1. The van der Waals surface area contributed by atoms with E-state index in [2.05, 4.69) is 0 Å². The predicted octanol–water partition coefficient (Wildman–Crippen LogP) is 3.63. The number of imide groups is 1. The van der Waals surface area contributed by atoms with Crippen LogP contribution in [-0.4, -0.2) is 30.2 Å². The first-order valence-corrected chi connectivity index (χ1v) is 11.2. The van der Waals surface area contributed by atoms with E-state index in [0.717, 1.165) is 5.57 Å². The third kappa shape index (κ3) is 3.89. The second kappa shape index (κ2) is 8.52. The van der Waals surface area contributed by atoms with E-state index < -0.39 is 17.7 Å². The number of esters is 1. The van der Waals surface area contributed by atoms with Gasteiger partial charge in [-0.1, -0.05) is 17.7 Å². The van der Waals surface area contributed by atoms with E-state index in [1.54, 1.807) is 18.2 Å². The lowest BCUT2D eigenvalue weighted by molar-refractivity contribution is -0.139. The molecule has 2 aromatic rings. The molecule has 2 aliphatic heterocycles. The van der Waals surface area contributed by atoms with Gasteiger partial charge in [0.15, 0.2) is 0 Å². The minimum atomic E-state index is -0.687. The highest BCUT2D eigenvalue weighted by molar-refractivity contribution is 6.22. The maximum Gasteiger partial charge on any atom is 0.316 e. The van der Waals surface area contributed by atoms with Gasteiger partial charge in [0.05, 0.1) is 23.4 Å². The maximum atomic E-state index is 13.2. The summed E-state index contributed by atoms with van der Waals surface area (Å²) >= 11 is 0. The predicted molar refractivity (Wildman–Crippen MR) is 121 cm³/mol. The normalized spacial score (nSPS) is 24.4. The number of benzene rings is 2. The Morgan fingerprint density at radius 1 is 0.971 bits per heavy atom. The standard InChI is InChI=1S/C26H23FN2O5/c1-15-5-10-21-22(11-15)25(32)29(24(21)31)19-3-2-4-20(13-19)34-26(33)16-12-23(30)28(14-16)18-8-6-17(27)7-9-18/h2-9,13,16,21-22H,10-12,14H2,1H3/t16-,21+,22+/m1/s1. The van der Waals surface area contributed by atoms with Gasteiger partial charge in [-0.25, -0.2) is 9.29 Å². The first-order valence-electron chi connectivity index (χ1n) is 11.2. The summed E-state index contributed by atoms with van der Waals surface area (Å²) in [7, 11) is 0. The summed E-state index contributed by atoms with van der Waals surface area (Å²) in [6.07, 6.45) is 3.11. The highest BCUT2D eigenvalue weighted by Gasteiger charge is 2.48. The molecule has 0 bridgehead atoms. The molecule has 0 radical (unpaired) electrons. The molecule has 8 heteroatoms. The fourth-order valence-electron chi connectivity index (χ4n) is 4.91. The van der Waals surface area contributed by atoms with Crippen LogP contribution in [-0.2, 0) is 19.2 Å². The van der Waals surface area contributed by atoms with Gasteiger partial charge in [0.1, 0.15) is 11.6 Å². The van der Waals surface area contributed by atoms with E-state index >= 15 is 0 Å². The molecule has 0 N–H and O–H groups in total. The number of halogens is 1. The second-order valence-electron chi connectivity index (χ2n) is 9.02. The van der Waals surface area contributed by atoms with Crippen molar-refractivity contribution in [2.75, 3.05) is 16.3 Å². The van der Waals surface area contributed by atoms with Crippen molar-refractivity contribution in [3.63, 3.8) is 0 Å². The van der Waals surface area contributed by atoms with E-state index in [1.165, 1.54) is 40.1 Å². The van der Waals surface area contributed by atoms with E-state index in [-0.39, 0.29) is 48.3 Å². The van der Waals surface area contributed by atoms with Crippen LogP contribution in [0.5, 0.6) is 5.75 Å². The minimum Gasteiger partial charge on any atom is -0.426 e. The zero-order valence-electron chi connectivity index (χ0n) is 18.6. The lowest BCUT2D eigenvalue weighted by Gasteiger charge is -2.18. The topological polar surface area (TPSA) is 84.0 Å². The summed E-state index contributed by atoms with van der Waals surface area (Å²) in [6.45, 7) is 2.09. The summed E-state index contributed by atoms with van der Waals surface area (Å²) in [5.74, 6) is -2.92. The molecule has 3 amide bonds. The van der Waals surface area contributed by atoms with Gasteiger partial charge in [0.2, 0.25) is 17.7 Å². The van der Waals surface area contributed by atoms with Crippen molar-refractivity contribution in [3.05, 3.63) is 66.0 Å². The number of fused-ring (bicyclic) bond motifs is 1. The van der Waals surface area contributed by atoms with Crippen molar-refractivity contribution in [2.24, 2.45) is 17.8 Å². The van der Waals surface area contributed by atoms with E-state index in [0.29, 0.717) is 24.2 Å². The molecule has 0 aromatic heterocycles. The van der Waals surface area contributed by atoms with Crippen molar-refractivity contribution in [1.82, 2.24) is 0 Å². The van der Waals surface area contributed by atoms with Crippen molar-refractivity contribution in [1.29, 1.82) is 0 Å². The third-order valence-corrected chi connectivity index (χ3v) is 6.71. The summed E-state index contributed by atoms with van der Waals surface area (Å²) in [5, 5.41) is 0. The fraction of sp³-hybridized carbons (Fsp3) is 0.308. The van der Waals surface area contributed by atoms with Crippen LogP contribution < -0.4 is 14.5 Å². The molecule has 0 unspecified atom stereocenters. The Bertz CT molecular complexity index is 1220. The maximum absolute atomic E-state index is 13.2. The number of carbonyl (C=O) groups excluding carboxylic acids is 4.